The molecule has 0 spiro atoms. The van der Waals surface area contributed by atoms with Crippen LogP contribution in [0.25, 0.3) is 0 Å². The number of hydrogen-bond donors (Lipinski definition) is 9. The van der Waals surface area contributed by atoms with E-state index >= 15 is 0 Å². The molecule has 1 amide bonds. The van der Waals surface area contributed by atoms with E-state index in [0.717, 1.165) is 6.92 Å². The van der Waals surface area contributed by atoms with Crippen LogP contribution in [0, 0.1) is 0 Å². The molecule has 0 aliphatic carbocycles. The molecular formula is C21H37NO15. The lowest BCUT2D eigenvalue weighted by Gasteiger charge is -2.49. The van der Waals surface area contributed by atoms with Gasteiger partial charge in [-0.3, -0.25) is 4.79 Å². The van der Waals surface area contributed by atoms with E-state index in [2.05, 4.69) is 5.32 Å². The van der Waals surface area contributed by atoms with Crippen LogP contribution in [0.1, 0.15) is 13.8 Å². The fourth-order valence-corrected chi connectivity index (χ4v) is 4.66. The fourth-order valence-electron chi connectivity index (χ4n) is 4.66. The number of aliphatic hydroxyl groups is 8. The summed E-state index contributed by atoms with van der Waals surface area (Å²) in [5, 5.41) is 84.2. The molecule has 16 heteroatoms. The average molecular weight is 544 g/mol. The number of ether oxygens (including phenoxy) is 6. The lowest BCUT2D eigenvalue weighted by molar-refractivity contribution is -0.371. The molecule has 3 heterocycles. The highest BCUT2D eigenvalue weighted by molar-refractivity contribution is 5.73. The Morgan fingerprint density at radius 1 is 0.757 bits per heavy atom. The van der Waals surface area contributed by atoms with Gasteiger partial charge in [0.05, 0.1) is 19.3 Å². The van der Waals surface area contributed by atoms with Crippen molar-refractivity contribution >= 4 is 5.91 Å². The van der Waals surface area contributed by atoms with Gasteiger partial charge in [0.25, 0.3) is 0 Å². The van der Waals surface area contributed by atoms with Crippen molar-refractivity contribution in [2.75, 3.05) is 20.3 Å². The second kappa shape index (κ2) is 12.8. The van der Waals surface area contributed by atoms with Crippen LogP contribution >= 0.6 is 0 Å². The number of aliphatic hydroxyl groups excluding tert-OH is 8. The minimum Gasteiger partial charge on any atom is -0.394 e. The second-order valence-electron chi connectivity index (χ2n) is 9.26. The average Bonchev–Trinajstić information content (AvgIpc) is 2.85. The molecule has 3 aliphatic rings. The maximum atomic E-state index is 11.9. The van der Waals surface area contributed by atoms with Crippen LogP contribution in [0.15, 0.2) is 0 Å². The molecule has 0 radical (unpaired) electrons. The standard InChI is InChI=1S/C21H37NO15/c1-6-11(26)13(28)14(29)20(33-6)37-17-10(22-7(2)25)19(31)34-9(5-24)16(17)36-21-15(30)18(32-3)12(27)8(4-23)35-21/h6,8-21,23-24,26-31H,4-5H2,1-3H3,(H,22,25)/t6-,8+,9+,10+,11+,12-,13+,14-,15+,16+,17+,18-,19-,20-,21-/m0/s1. The van der Waals surface area contributed by atoms with Crippen LogP contribution in [0.4, 0.5) is 0 Å². The summed E-state index contributed by atoms with van der Waals surface area (Å²) < 4.78 is 33.2. The Hall–Kier alpha value is -1.09. The van der Waals surface area contributed by atoms with Crippen LogP contribution in [0.3, 0.4) is 0 Å². The second-order valence-corrected chi connectivity index (χ2v) is 9.26. The third-order valence-corrected chi connectivity index (χ3v) is 6.70. The van der Waals surface area contributed by atoms with E-state index in [0.29, 0.717) is 0 Å². The molecule has 3 rings (SSSR count). The summed E-state index contributed by atoms with van der Waals surface area (Å²) in [5.74, 6) is -0.617. The van der Waals surface area contributed by atoms with Gasteiger partial charge in [0, 0.05) is 14.0 Å². The first-order valence-corrected chi connectivity index (χ1v) is 11.8. The van der Waals surface area contributed by atoms with E-state index in [1.54, 1.807) is 0 Å². The Balaban J connectivity index is 1.93. The lowest BCUT2D eigenvalue weighted by Crippen LogP contribution is -2.69. The van der Waals surface area contributed by atoms with Gasteiger partial charge in [0.1, 0.15) is 67.1 Å². The molecular weight excluding hydrogens is 506 g/mol. The number of nitrogens with one attached hydrogen (secondary N) is 1. The normalized spacial score (nSPS) is 49.0. The minimum atomic E-state index is -1.76. The Morgan fingerprint density at radius 2 is 1.35 bits per heavy atom. The Labute approximate surface area is 212 Å². The third kappa shape index (κ3) is 6.39. The Bertz CT molecular complexity index is 747. The van der Waals surface area contributed by atoms with Gasteiger partial charge in [-0.15, -0.1) is 0 Å². The molecule has 16 nitrogen and oxygen atoms in total. The molecule has 0 aromatic rings. The lowest BCUT2D eigenvalue weighted by atomic mass is 9.94. The number of amides is 1. The number of carbonyl (C=O) groups is 1. The predicted molar refractivity (Wildman–Crippen MR) is 116 cm³/mol. The van der Waals surface area contributed by atoms with E-state index in [4.69, 9.17) is 28.4 Å². The first kappa shape index (κ1) is 30.5. The summed E-state index contributed by atoms with van der Waals surface area (Å²) in [4.78, 5) is 11.9. The number of carbonyl (C=O) groups excluding carboxylic acids is 1. The van der Waals surface area contributed by atoms with E-state index in [1.807, 2.05) is 0 Å². The Kier molecular flexibility index (Phi) is 10.6. The van der Waals surface area contributed by atoms with Gasteiger partial charge >= 0.3 is 0 Å². The molecule has 3 aliphatic heterocycles. The maximum Gasteiger partial charge on any atom is 0.217 e. The van der Waals surface area contributed by atoms with Gasteiger partial charge in [-0.05, 0) is 6.92 Å². The zero-order valence-corrected chi connectivity index (χ0v) is 20.5. The molecule has 15 atom stereocenters. The maximum absolute atomic E-state index is 11.9. The minimum absolute atomic E-state index is 0.617. The zero-order valence-electron chi connectivity index (χ0n) is 20.5. The van der Waals surface area contributed by atoms with Crippen molar-refractivity contribution in [3.8, 4) is 0 Å². The first-order valence-electron chi connectivity index (χ1n) is 11.8. The molecule has 9 N–H and O–H groups in total. The summed E-state index contributed by atoms with van der Waals surface area (Å²) >= 11 is 0. The third-order valence-electron chi connectivity index (χ3n) is 6.70. The van der Waals surface area contributed by atoms with Crippen molar-refractivity contribution in [1.29, 1.82) is 0 Å². The number of rotatable bonds is 8. The first-order chi connectivity index (χ1) is 17.4. The van der Waals surface area contributed by atoms with Crippen LogP contribution in [0.5, 0.6) is 0 Å². The number of methoxy groups -OCH3 is 1. The van der Waals surface area contributed by atoms with Gasteiger partial charge in [-0.1, -0.05) is 0 Å². The van der Waals surface area contributed by atoms with Crippen LogP contribution < -0.4 is 5.32 Å². The molecule has 0 aromatic heterocycles. The summed E-state index contributed by atoms with van der Waals surface area (Å²) in [5.41, 5.74) is 0. The fraction of sp³-hybridized carbons (Fsp3) is 0.952. The van der Waals surface area contributed by atoms with Gasteiger partial charge < -0.3 is 74.6 Å². The quantitative estimate of drug-likeness (QED) is 0.138. The Morgan fingerprint density at radius 3 is 1.92 bits per heavy atom. The molecule has 216 valence electrons. The van der Waals surface area contributed by atoms with E-state index in [1.165, 1.54) is 14.0 Å². The highest BCUT2D eigenvalue weighted by Gasteiger charge is 2.54. The highest BCUT2D eigenvalue weighted by Crippen LogP contribution is 2.33. The van der Waals surface area contributed by atoms with Crippen molar-refractivity contribution in [3.05, 3.63) is 0 Å². The molecule has 0 bridgehead atoms. The van der Waals surface area contributed by atoms with Gasteiger partial charge in [-0.25, -0.2) is 0 Å². The summed E-state index contributed by atoms with van der Waals surface area (Å²) in [6.07, 6.45) is -20.5. The molecule has 3 saturated heterocycles. The monoisotopic (exact) mass is 543 g/mol. The molecule has 37 heavy (non-hydrogen) atoms. The van der Waals surface area contributed by atoms with Crippen LogP contribution in [-0.2, 0) is 33.2 Å². The van der Waals surface area contributed by atoms with Crippen molar-refractivity contribution in [1.82, 2.24) is 5.32 Å². The van der Waals surface area contributed by atoms with E-state index in [-0.39, 0.29) is 0 Å². The van der Waals surface area contributed by atoms with E-state index < -0.39 is 111 Å². The van der Waals surface area contributed by atoms with Crippen molar-refractivity contribution in [2.24, 2.45) is 0 Å². The molecule has 3 fully saturated rings. The topological polar surface area (TPSA) is 246 Å². The van der Waals surface area contributed by atoms with Crippen molar-refractivity contribution in [2.45, 2.75) is 106 Å². The SMILES string of the molecule is CO[C@H]1[C@@H](O)[C@@H](CO)O[C@@H](O[C@H]2[C@H](O[C@@H]3O[C@@H](C)[C@@H](O)[C@@H](O)[C@@H]3O)[C@@H](NC(C)=O)[C@@H](O)O[C@@H]2CO)[C@@H]1O. The molecule has 0 unspecified atom stereocenters. The van der Waals surface area contributed by atoms with E-state index in [9.17, 15) is 45.6 Å². The van der Waals surface area contributed by atoms with Crippen LogP contribution in [-0.4, -0.2) is 159 Å². The summed E-state index contributed by atoms with van der Waals surface area (Å²) in [6.45, 7) is 1.16. The van der Waals surface area contributed by atoms with Gasteiger partial charge in [0.15, 0.2) is 18.9 Å². The van der Waals surface area contributed by atoms with Gasteiger partial charge in [0.2, 0.25) is 5.91 Å². The van der Waals surface area contributed by atoms with Crippen molar-refractivity contribution in [3.63, 3.8) is 0 Å². The van der Waals surface area contributed by atoms with Crippen LogP contribution in [0.2, 0.25) is 0 Å². The van der Waals surface area contributed by atoms with Gasteiger partial charge in [-0.2, -0.15) is 0 Å². The summed E-state index contributed by atoms with van der Waals surface area (Å²) in [7, 11) is 1.21. The largest absolute Gasteiger partial charge is 0.394 e. The molecule has 0 saturated carbocycles. The van der Waals surface area contributed by atoms with Crippen molar-refractivity contribution < 1.29 is 74.1 Å². The summed E-state index contributed by atoms with van der Waals surface area (Å²) in [6, 6.07) is -1.38. The smallest absolute Gasteiger partial charge is 0.217 e. The zero-order chi connectivity index (χ0) is 27.6. The highest BCUT2D eigenvalue weighted by atomic mass is 16.7. The number of hydrogen-bond acceptors (Lipinski definition) is 15. The molecule has 0 aromatic carbocycles. The predicted octanol–water partition coefficient (Wildman–Crippen LogP) is -5.75.